The minimum atomic E-state index is -0.193. The number of imide groups is 1. The summed E-state index contributed by atoms with van der Waals surface area (Å²) in [7, 11) is 0. The molecule has 3 aliphatic carbocycles. The number of nitrogens with one attached hydrogen (secondary N) is 1. The predicted octanol–water partition coefficient (Wildman–Crippen LogP) is 1.63. The molecule has 0 aromatic carbocycles. The molecule has 23 heavy (non-hydrogen) atoms. The second kappa shape index (κ2) is 5.77. The molecule has 1 heterocycles. The van der Waals surface area contributed by atoms with Crippen LogP contribution in [0.1, 0.15) is 44.9 Å². The summed E-state index contributed by atoms with van der Waals surface area (Å²) in [6, 6.07) is 0.318. The summed E-state index contributed by atoms with van der Waals surface area (Å²) < 4.78 is 0. The van der Waals surface area contributed by atoms with Crippen molar-refractivity contribution in [3.05, 3.63) is 12.2 Å². The third kappa shape index (κ3) is 2.60. The minimum absolute atomic E-state index is 0.0175. The molecule has 0 aromatic rings. The highest BCUT2D eigenvalue weighted by Crippen LogP contribution is 2.44. The lowest BCUT2D eigenvalue weighted by Crippen LogP contribution is -2.41. The van der Waals surface area contributed by atoms with Gasteiger partial charge in [-0.1, -0.05) is 18.6 Å². The average Bonchev–Trinajstić information content (AvgIpc) is 3.22. The lowest BCUT2D eigenvalue weighted by atomic mass is 9.85. The quantitative estimate of drug-likeness (QED) is 0.633. The number of hydrogen-bond acceptors (Lipinski definition) is 3. The first-order chi connectivity index (χ1) is 11.1. The third-order valence-corrected chi connectivity index (χ3v) is 6.25. The van der Waals surface area contributed by atoms with Gasteiger partial charge in [0.2, 0.25) is 17.7 Å². The highest BCUT2D eigenvalue weighted by atomic mass is 16.2. The molecule has 0 spiro atoms. The second-order valence-electron chi connectivity index (χ2n) is 7.58. The van der Waals surface area contributed by atoms with Crippen LogP contribution in [0, 0.1) is 23.7 Å². The smallest absolute Gasteiger partial charge is 0.233 e. The van der Waals surface area contributed by atoms with Crippen LogP contribution in [0.2, 0.25) is 0 Å². The van der Waals surface area contributed by atoms with Gasteiger partial charge in [0.05, 0.1) is 11.8 Å². The highest BCUT2D eigenvalue weighted by molar-refractivity contribution is 6.05. The van der Waals surface area contributed by atoms with Gasteiger partial charge in [-0.05, 0) is 43.9 Å². The summed E-state index contributed by atoms with van der Waals surface area (Å²) in [4.78, 5) is 38.2. The van der Waals surface area contributed by atoms with Crippen molar-refractivity contribution in [2.45, 2.75) is 51.0 Å². The summed E-state index contributed by atoms with van der Waals surface area (Å²) in [5, 5.41) is 3.13. The summed E-state index contributed by atoms with van der Waals surface area (Å²) in [6.07, 6.45) is 10.4. The van der Waals surface area contributed by atoms with Crippen molar-refractivity contribution < 1.29 is 14.4 Å². The largest absolute Gasteiger partial charge is 0.353 e. The van der Waals surface area contributed by atoms with Crippen molar-refractivity contribution in [1.82, 2.24) is 10.2 Å². The molecule has 1 aliphatic heterocycles. The van der Waals surface area contributed by atoms with Crippen molar-refractivity contribution in [2.75, 3.05) is 6.54 Å². The zero-order chi connectivity index (χ0) is 16.0. The molecule has 2 bridgehead atoms. The molecule has 0 aromatic heterocycles. The van der Waals surface area contributed by atoms with Crippen LogP contribution in [0.25, 0.3) is 0 Å². The fourth-order valence-electron chi connectivity index (χ4n) is 5.00. The van der Waals surface area contributed by atoms with Gasteiger partial charge in [-0.3, -0.25) is 19.3 Å². The molecule has 124 valence electrons. The van der Waals surface area contributed by atoms with Crippen LogP contribution in [0.3, 0.4) is 0 Å². The van der Waals surface area contributed by atoms with Gasteiger partial charge < -0.3 is 5.32 Å². The molecular weight excluding hydrogens is 292 g/mol. The van der Waals surface area contributed by atoms with Crippen LogP contribution in [0.5, 0.6) is 0 Å². The molecule has 4 rings (SSSR count). The molecule has 5 nitrogen and oxygen atoms in total. The van der Waals surface area contributed by atoms with Crippen LogP contribution in [0.15, 0.2) is 12.2 Å². The van der Waals surface area contributed by atoms with Crippen molar-refractivity contribution in [3.8, 4) is 0 Å². The summed E-state index contributed by atoms with van der Waals surface area (Å²) in [5.41, 5.74) is 0. The molecule has 5 atom stereocenters. The monoisotopic (exact) mass is 316 g/mol. The lowest BCUT2D eigenvalue weighted by molar-refractivity contribution is -0.140. The van der Waals surface area contributed by atoms with Crippen LogP contribution >= 0.6 is 0 Å². The number of amides is 3. The predicted molar refractivity (Wildman–Crippen MR) is 84.1 cm³/mol. The van der Waals surface area contributed by atoms with Gasteiger partial charge in [-0.15, -0.1) is 0 Å². The van der Waals surface area contributed by atoms with Gasteiger partial charge in [-0.2, -0.15) is 0 Å². The standard InChI is InChI=1S/C18H24N2O3/c21-16(19-15-10-11-5-6-12(15)9-11)7-8-20-17(22)13-3-1-2-4-14(13)18(20)23/h1-2,11-15H,3-10H2,(H,19,21)/t11-,12-,13-,14+,15-/m0/s1. The van der Waals surface area contributed by atoms with Crippen molar-refractivity contribution in [3.63, 3.8) is 0 Å². The summed E-state index contributed by atoms with van der Waals surface area (Å²) in [6.45, 7) is 0.233. The van der Waals surface area contributed by atoms with E-state index in [9.17, 15) is 14.4 Å². The van der Waals surface area contributed by atoms with E-state index in [4.69, 9.17) is 0 Å². The Labute approximate surface area is 136 Å². The second-order valence-corrected chi connectivity index (χ2v) is 7.58. The zero-order valence-electron chi connectivity index (χ0n) is 13.4. The Hall–Kier alpha value is -1.65. The molecule has 1 N–H and O–H groups in total. The van der Waals surface area contributed by atoms with E-state index < -0.39 is 0 Å². The molecule has 1 saturated heterocycles. The van der Waals surface area contributed by atoms with E-state index in [0.29, 0.717) is 24.8 Å². The third-order valence-electron chi connectivity index (χ3n) is 6.25. The van der Waals surface area contributed by atoms with E-state index in [0.717, 1.165) is 12.3 Å². The maximum absolute atomic E-state index is 12.4. The number of rotatable bonds is 4. The van der Waals surface area contributed by atoms with E-state index >= 15 is 0 Å². The maximum Gasteiger partial charge on any atom is 0.233 e. The van der Waals surface area contributed by atoms with E-state index in [1.54, 1.807) is 0 Å². The number of carbonyl (C=O) groups excluding carboxylic acids is 3. The fourth-order valence-corrected chi connectivity index (χ4v) is 5.00. The van der Waals surface area contributed by atoms with Crippen molar-refractivity contribution >= 4 is 17.7 Å². The Morgan fingerprint density at radius 3 is 2.35 bits per heavy atom. The van der Waals surface area contributed by atoms with Crippen molar-refractivity contribution in [2.24, 2.45) is 23.7 Å². The molecule has 0 unspecified atom stereocenters. The average molecular weight is 316 g/mol. The first kappa shape index (κ1) is 14.9. The normalized spacial score (nSPS) is 38.3. The Morgan fingerprint density at radius 2 is 1.78 bits per heavy atom. The number of carbonyl (C=O) groups is 3. The van der Waals surface area contributed by atoms with Gasteiger partial charge in [0, 0.05) is 19.0 Å². The summed E-state index contributed by atoms with van der Waals surface area (Å²) in [5.74, 6) is 0.864. The van der Waals surface area contributed by atoms with Crippen LogP contribution < -0.4 is 5.32 Å². The Balaban J connectivity index is 1.30. The van der Waals surface area contributed by atoms with Crippen LogP contribution in [-0.2, 0) is 14.4 Å². The molecular formula is C18H24N2O3. The van der Waals surface area contributed by atoms with Gasteiger partial charge in [0.15, 0.2) is 0 Å². The van der Waals surface area contributed by atoms with Gasteiger partial charge in [0.1, 0.15) is 0 Å². The van der Waals surface area contributed by atoms with Gasteiger partial charge in [-0.25, -0.2) is 0 Å². The maximum atomic E-state index is 12.4. The number of allylic oxidation sites excluding steroid dienone is 2. The molecule has 0 radical (unpaired) electrons. The topological polar surface area (TPSA) is 66.5 Å². The van der Waals surface area contributed by atoms with Gasteiger partial charge >= 0.3 is 0 Å². The molecule has 5 heteroatoms. The number of hydrogen-bond donors (Lipinski definition) is 1. The number of nitrogens with zero attached hydrogens (tertiary/aromatic N) is 1. The fraction of sp³-hybridized carbons (Fsp3) is 0.722. The van der Waals surface area contributed by atoms with E-state index in [1.165, 1.54) is 24.2 Å². The Morgan fingerprint density at radius 1 is 1.09 bits per heavy atom. The van der Waals surface area contributed by atoms with E-state index in [-0.39, 0.29) is 42.5 Å². The number of likely N-dealkylation sites (tertiary alicyclic amines) is 1. The Bertz CT molecular complexity index is 545. The summed E-state index contributed by atoms with van der Waals surface area (Å²) >= 11 is 0. The van der Waals surface area contributed by atoms with Crippen LogP contribution in [-0.4, -0.2) is 35.2 Å². The SMILES string of the molecule is O=C(CCN1C(=O)[C@H]2CC=CC[C@H]2C1=O)N[C@H]1C[C@H]2CC[C@H]1C2. The molecule has 4 aliphatic rings. The Kier molecular flexibility index (Phi) is 3.74. The lowest BCUT2D eigenvalue weighted by Gasteiger charge is -2.23. The van der Waals surface area contributed by atoms with Crippen molar-refractivity contribution in [1.29, 1.82) is 0 Å². The van der Waals surface area contributed by atoms with Crippen LogP contribution in [0.4, 0.5) is 0 Å². The first-order valence-corrected chi connectivity index (χ1v) is 8.93. The highest BCUT2D eigenvalue weighted by Gasteiger charge is 2.47. The van der Waals surface area contributed by atoms with E-state index in [1.807, 2.05) is 12.2 Å². The van der Waals surface area contributed by atoms with E-state index in [2.05, 4.69) is 5.32 Å². The molecule has 2 saturated carbocycles. The minimum Gasteiger partial charge on any atom is -0.353 e. The first-order valence-electron chi connectivity index (χ1n) is 8.93. The zero-order valence-corrected chi connectivity index (χ0v) is 13.4. The molecule has 3 amide bonds. The number of fused-ring (bicyclic) bond motifs is 3. The molecule has 3 fully saturated rings. The van der Waals surface area contributed by atoms with Gasteiger partial charge in [0.25, 0.3) is 0 Å².